The largest absolute Gasteiger partial charge is 0.497 e. The number of benzene rings is 3. The number of hydrogen-bond acceptors (Lipinski definition) is 4. The number of rotatable bonds is 5. The van der Waals surface area contributed by atoms with E-state index in [1.54, 1.807) is 31.4 Å². The summed E-state index contributed by atoms with van der Waals surface area (Å²) in [6.45, 7) is 0. The highest BCUT2D eigenvalue weighted by Crippen LogP contribution is 2.26. The van der Waals surface area contributed by atoms with Crippen molar-refractivity contribution in [1.82, 2.24) is 9.55 Å². The third-order valence-electron chi connectivity index (χ3n) is 4.42. The molecule has 146 valence electrons. The molecule has 4 nitrogen and oxygen atoms in total. The van der Waals surface area contributed by atoms with Crippen LogP contribution in [0.5, 0.6) is 5.75 Å². The summed E-state index contributed by atoms with van der Waals surface area (Å²) in [6.07, 6.45) is 0. The molecule has 0 amide bonds. The molecule has 29 heavy (non-hydrogen) atoms. The number of methoxy groups -OCH3 is 1. The molecule has 0 atom stereocenters. The van der Waals surface area contributed by atoms with Crippen LogP contribution in [0.3, 0.4) is 0 Å². The van der Waals surface area contributed by atoms with E-state index >= 15 is 0 Å². The Morgan fingerprint density at radius 1 is 1.03 bits per heavy atom. The first-order chi connectivity index (χ1) is 14.1. The Hall–Kier alpha value is -3.19. The average molecular weight is 410 g/mol. The van der Waals surface area contributed by atoms with Crippen LogP contribution < -0.4 is 10.3 Å². The number of halogens is 2. The van der Waals surface area contributed by atoms with E-state index in [-0.39, 0.29) is 5.69 Å². The van der Waals surface area contributed by atoms with Gasteiger partial charge in [-0.3, -0.25) is 9.36 Å². The van der Waals surface area contributed by atoms with Gasteiger partial charge in [-0.1, -0.05) is 36.0 Å². The van der Waals surface area contributed by atoms with Crippen LogP contribution >= 0.6 is 11.8 Å². The van der Waals surface area contributed by atoms with Crippen molar-refractivity contribution < 1.29 is 13.5 Å². The summed E-state index contributed by atoms with van der Waals surface area (Å²) in [6, 6.07) is 17.5. The van der Waals surface area contributed by atoms with Gasteiger partial charge in [-0.25, -0.2) is 13.8 Å². The molecule has 0 aliphatic carbocycles. The first-order valence-electron chi connectivity index (χ1n) is 8.80. The van der Waals surface area contributed by atoms with Gasteiger partial charge in [0.2, 0.25) is 0 Å². The van der Waals surface area contributed by atoms with Gasteiger partial charge in [0.1, 0.15) is 17.4 Å². The minimum atomic E-state index is -0.824. The fraction of sp³-hybridized carbons (Fsp3) is 0.0909. The summed E-state index contributed by atoms with van der Waals surface area (Å²) in [5.41, 5.74) is 1.07. The smallest absolute Gasteiger partial charge is 0.266 e. The van der Waals surface area contributed by atoms with Gasteiger partial charge in [-0.15, -0.1) is 0 Å². The average Bonchev–Trinajstić information content (AvgIpc) is 2.73. The molecule has 4 aromatic rings. The van der Waals surface area contributed by atoms with Gasteiger partial charge < -0.3 is 4.74 Å². The SMILES string of the molecule is COc1ccc(CSc2nc3ccccc3c(=O)n2-c2ccc(F)cc2F)cc1. The number of nitrogens with zero attached hydrogens (tertiary/aromatic N) is 2. The van der Waals surface area contributed by atoms with Crippen molar-refractivity contribution in [2.75, 3.05) is 7.11 Å². The van der Waals surface area contributed by atoms with Crippen LogP contribution in [0.4, 0.5) is 8.78 Å². The van der Waals surface area contributed by atoms with Crippen LogP contribution in [0, 0.1) is 11.6 Å². The Bertz CT molecular complexity index is 1240. The van der Waals surface area contributed by atoms with Crippen molar-refractivity contribution >= 4 is 22.7 Å². The number of fused-ring (bicyclic) bond motifs is 1. The Labute approximate surface area is 169 Å². The summed E-state index contributed by atoms with van der Waals surface area (Å²) in [4.78, 5) is 17.7. The number of hydrogen-bond donors (Lipinski definition) is 0. The molecule has 0 fully saturated rings. The predicted molar refractivity (Wildman–Crippen MR) is 110 cm³/mol. The van der Waals surface area contributed by atoms with Crippen molar-refractivity contribution in [3.05, 3.63) is 94.3 Å². The van der Waals surface area contributed by atoms with E-state index < -0.39 is 17.2 Å². The van der Waals surface area contributed by atoms with Gasteiger partial charge in [0.05, 0.1) is 23.7 Å². The van der Waals surface area contributed by atoms with Crippen LogP contribution in [0.2, 0.25) is 0 Å². The predicted octanol–water partition coefficient (Wildman–Crippen LogP) is 4.96. The lowest BCUT2D eigenvalue weighted by Crippen LogP contribution is -2.22. The minimum Gasteiger partial charge on any atom is -0.497 e. The number of ether oxygens (including phenoxy) is 1. The maximum Gasteiger partial charge on any atom is 0.266 e. The molecule has 4 rings (SSSR count). The fourth-order valence-corrected chi connectivity index (χ4v) is 3.92. The van der Waals surface area contributed by atoms with Crippen molar-refractivity contribution in [3.8, 4) is 11.4 Å². The molecule has 0 saturated heterocycles. The maximum atomic E-state index is 14.5. The van der Waals surface area contributed by atoms with Crippen LogP contribution in [0.15, 0.2) is 76.7 Å². The van der Waals surface area contributed by atoms with Crippen molar-refractivity contribution in [2.45, 2.75) is 10.9 Å². The molecule has 7 heteroatoms. The number of thioether (sulfide) groups is 1. The number of aromatic nitrogens is 2. The van der Waals surface area contributed by atoms with Gasteiger partial charge >= 0.3 is 0 Å². The maximum absolute atomic E-state index is 14.5. The molecule has 0 radical (unpaired) electrons. The molecule has 0 bridgehead atoms. The molecular formula is C22H16F2N2O2S. The lowest BCUT2D eigenvalue weighted by Gasteiger charge is -2.14. The molecule has 3 aromatic carbocycles. The van der Waals surface area contributed by atoms with Crippen LogP contribution in [-0.4, -0.2) is 16.7 Å². The fourth-order valence-electron chi connectivity index (χ4n) is 2.95. The second-order valence-electron chi connectivity index (χ2n) is 6.28. The van der Waals surface area contributed by atoms with Gasteiger partial charge in [-0.2, -0.15) is 0 Å². The normalized spacial score (nSPS) is 11.0. The van der Waals surface area contributed by atoms with E-state index in [1.807, 2.05) is 24.3 Å². The van der Waals surface area contributed by atoms with Crippen molar-refractivity contribution in [2.24, 2.45) is 0 Å². The first kappa shape index (κ1) is 19.1. The van der Waals surface area contributed by atoms with Gasteiger partial charge in [0, 0.05) is 11.8 Å². The minimum absolute atomic E-state index is 0.0353. The Kier molecular flexibility index (Phi) is 5.31. The van der Waals surface area contributed by atoms with Crippen molar-refractivity contribution in [1.29, 1.82) is 0 Å². The third-order valence-corrected chi connectivity index (χ3v) is 5.43. The van der Waals surface area contributed by atoms with Gasteiger partial charge in [0.25, 0.3) is 5.56 Å². The molecule has 1 aromatic heterocycles. The van der Waals surface area contributed by atoms with Crippen LogP contribution in [0.1, 0.15) is 5.56 Å². The monoisotopic (exact) mass is 410 g/mol. The van der Waals surface area contributed by atoms with E-state index in [1.165, 1.54) is 22.4 Å². The van der Waals surface area contributed by atoms with Crippen LogP contribution in [0.25, 0.3) is 16.6 Å². The summed E-state index contributed by atoms with van der Waals surface area (Å²) in [7, 11) is 1.60. The molecule has 0 aliphatic rings. The molecule has 0 saturated carbocycles. The second-order valence-corrected chi connectivity index (χ2v) is 7.23. The Balaban J connectivity index is 1.81. The first-order valence-corrected chi connectivity index (χ1v) is 9.78. The molecule has 1 heterocycles. The molecule has 0 aliphatic heterocycles. The Morgan fingerprint density at radius 2 is 1.79 bits per heavy atom. The number of para-hydroxylation sites is 1. The zero-order valence-electron chi connectivity index (χ0n) is 15.4. The lowest BCUT2D eigenvalue weighted by atomic mass is 10.2. The van der Waals surface area contributed by atoms with Crippen LogP contribution in [-0.2, 0) is 5.75 Å². The summed E-state index contributed by atoms with van der Waals surface area (Å²) >= 11 is 1.30. The van der Waals surface area contributed by atoms with Gasteiger partial charge in [-0.05, 0) is 42.0 Å². The second kappa shape index (κ2) is 8.05. The van der Waals surface area contributed by atoms with Gasteiger partial charge in [0.15, 0.2) is 5.16 Å². The zero-order valence-corrected chi connectivity index (χ0v) is 16.2. The lowest BCUT2D eigenvalue weighted by molar-refractivity contribution is 0.414. The standard InChI is InChI=1S/C22H16F2N2O2S/c1-28-16-9-6-14(7-10-16)13-29-22-25-19-5-3-2-4-17(19)21(27)26(22)20-11-8-15(23)12-18(20)24/h2-12H,13H2,1H3. The summed E-state index contributed by atoms with van der Waals surface area (Å²) < 4.78 is 34.2. The quantitative estimate of drug-likeness (QED) is 0.344. The van der Waals surface area contributed by atoms with E-state index in [2.05, 4.69) is 4.98 Å². The topological polar surface area (TPSA) is 44.1 Å². The third kappa shape index (κ3) is 3.86. The zero-order chi connectivity index (χ0) is 20.4. The highest BCUT2D eigenvalue weighted by atomic mass is 32.2. The summed E-state index contributed by atoms with van der Waals surface area (Å²) in [5, 5.41) is 0.694. The molecule has 0 spiro atoms. The highest BCUT2D eigenvalue weighted by Gasteiger charge is 2.16. The highest BCUT2D eigenvalue weighted by molar-refractivity contribution is 7.98. The molecular weight excluding hydrogens is 394 g/mol. The molecule has 0 N–H and O–H groups in total. The van der Waals surface area contributed by atoms with Crippen molar-refractivity contribution in [3.63, 3.8) is 0 Å². The van der Waals surface area contributed by atoms with E-state index in [4.69, 9.17) is 4.74 Å². The summed E-state index contributed by atoms with van der Waals surface area (Å²) in [5.74, 6) is -0.277. The Morgan fingerprint density at radius 3 is 2.52 bits per heavy atom. The van der Waals surface area contributed by atoms with E-state index in [0.717, 1.165) is 23.4 Å². The van der Waals surface area contributed by atoms with E-state index in [0.29, 0.717) is 21.8 Å². The molecule has 0 unspecified atom stereocenters. The van der Waals surface area contributed by atoms with E-state index in [9.17, 15) is 13.6 Å².